The third-order valence-corrected chi connectivity index (χ3v) is 3.13. The Kier molecular flexibility index (Phi) is 5.99. The average molecular weight is 310 g/mol. The van der Waals surface area contributed by atoms with Crippen LogP contribution in [-0.2, 0) is 11.3 Å². The summed E-state index contributed by atoms with van der Waals surface area (Å²) in [5.74, 6) is -0.285. The first-order chi connectivity index (χ1) is 10.1. The van der Waals surface area contributed by atoms with E-state index in [9.17, 15) is 9.50 Å². The first-order valence-electron chi connectivity index (χ1n) is 6.63. The number of hydrogen-bond acceptors (Lipinski definition) is 3. The molecule has 0 aliphatic rings. The molecule has 5 heteroatoms. The average Bonchev–Trinajstić information content (AvgIpc) is 2.49. The van der Waals surface area contributed by atoms with Crippen LogP contribution in [0.1, 0.15) is 5.56 Å². The highest BCUT2D eigenvalue weighted by Gasteiger charge is 2.04. The smallest absolute Gasteiger partial charge is 0.123 e. The Hall–Kier alpha value is -1.62. The minimum atomic E-state index is -0.637. The van der Waals surface area contributed by atoms with Crippen LogP contribution in [0.3, 0.4) is 0 Å². The van der Waals surface area contributed by atoms with E-state index in [2.05, 4.69) is 5.32 Å². The Balaban J connectivity index is 1.66. The summed E-state index contributed by atoms with van der Waals surface area (Å²) in [6.45, 7) is 0.980. The second kappa shape index (κ2) is 7.98. The molecule has 0 spiro atoms. The number of ether oxygens (including phenoxy) is 1. The summed E-state index contributed by atoms with van der Waals surface area (Å²) >= 11 is 5.79. The Morgan fingerprint density at radius 1 is 1.10 bits per heavy atom. The molecule has 0 saturated heterocycles. The molecule has 1 unspecified atom stereocenters. The van der Waals surface area contributed by atoms with E-state index < -0.39 is 6.10 Å². The normalized spacial score (nSPS) is 12.1. The van der Waals surface area contributed by atoms with Crippen LogP contribution in [0.5, 0.6) is 0 Å². The van der Waals surface area contributed by atoms with Gasteiger partial charge in [0.25, 0.3) is 0 Å². The molecule has 21 heavy (non-hydrogen) atoms. The minimum Gasteiger partial charge on any atom is -0.389 e. The van der Waals surface area contributed by atoms with Crippen LogP contribution < -0.4 is 5.32 Å². The topological polar surface area (TPSA) is 41.5 Å². The van der Waals surface area contributed by atoms with Crippen LogP contribution in [0.25, 0.3) is 0 Å². The molecule has 2 aromatic carbocycles. The van der Waals surface area contributed by atoms with E-state index >= 15 is 0 Å². The molecule has 3 nitrogen and oxygen atoms in total. The number of aliphatic hydroxyl groups excluding tert-OH is 1. The zero-order valence-corrected chi connectivity index (χ0v) is 12.2. The van der Waals surface area contributed by atoms with Crippen molar-refractivity contribution in [2.24, 2.45) is 0 Å². The van der Waals surface area contributed by atoms with E-state index in [0.717, 1.165) is 11.3 Å². The summed E-state index contributed by atoms with van der Waals surface area (Å²) < 4.78 is 18.2. The fraction of sp³-hybridized carbons (Fsp3) is 0.250. The number of anilines is 1. The zero-order chi connectivity index (χ0) is 15.1. The van der Waals surface area contributed by atoms with Gasteiger partial charge in [0.05, 0.1) is 19.3 Å². The van der Waals surface area contributed by atoms with Crippen LogP contribution in [-0.4, -0.2) is 24.4 Å². The number of nitrogens with one attached hydrogen (secondary N) is 1. The fourth-order valence-electron chi connectivity index (χ4n) is 1.76. The molecule has 0 aromatic heterocycles. The van der Waals surface area contributed by atoms with Gasteiger partial charge in [0.15, 0.2) is 0 Å². The van der Waals surface area contributed by atoms with E-state index in [-0.39, 0.29) is 12.4 Å². The number of hydrogen-bond donors (Lipinski definition) is 2. The lowest BCUT2D eigenvalue weighted by molar-refractivity contribution is 0.0348. The lowest BCUT2D eigenvalue weighted by Gasteiger charge is -2.13. The predicted octanol–water partition coefficient (Wildman–Crippen LogP) is 3.47. The van der Waals surface area contributed by atoms with Crippen molar-refractivity contribution in [1.82, 2.24) is 0 Å². The van der Waals surface area contributed by atoms with Gasteiger partial charge in [-0.05, 0) is 42.0 Å². The van der Waals surface area contributed by atoms with Crippen molar-refractivity contribution >= 4 is 17.3 Å². The van der Waals surface area contributed by atoms with Crippen LogP contribution in [0.2, 0.25) is 5.02 Å². The Morgan fingerprint density at radius 3 is 2.43 bits per heavy atom. The molecular weight excluding hydrogens is 293 g/mol. The molecular formula is C16H17ClFNO2. The van der Waals surface area contributed by atoms with Gasteiger partial charge in [-0.15, -0.1) is 0 Å². The second-order valence-corrected chi connectivity index (χ2v) is 5.12. The van der Waals surface area contributed by atoms with Gasteiger partial charge in [-0.25, -0.2) is 4.39 Å². The molecule has 0 bridgehead atoms. The van der Waals surface area contributed by atoms with Crippen LogP contribution in [0.15, 0.2) is 48.5 Å². The summed E-state index contributed by atoms with van der Waals surface area (Å²) in [7, 11) is 0. The summed E-state index contributed by atoms with van der Waals surface area (Å²) in [4.78, 5) is 0. The SMILES string of the molecule is OC(CNc1ccc(F)cc1)COCc1ccc(Cl)cc1. The molecule has 2 N–H and O–H groups in total. The first kappa shape index (κ1) is 15.8. The number of aliphatic hydroxyl groups is 1. The highest BCUT2D eigenvalue weighted by molar-refractivity contribution is 6.30. The number of halogens is 2. The van der Waals surface area contributed by atoms with Gasteiger partial charge in [0.1, 0.15) is 5.82 Å². The standard InChI is InChI=1S/C16H17ClFNO2/c17-13-3-1-12(2-4-13)10-21-11-16(20)9-19-15-7-5-14(18)6-8-15/h1-8,16,19-20H,9-11H2. The quantitative estimate of drug-likeness (QED) is 0.823. The van der Waals surface area contributed by atoms with Crippen LogP contribution in [0, 0.1) is 5.82 Å². The molecule has 0 radical (unpaired) electrons. The summed E-state index contributed by atoms with van der Waals surface area (Å²) in [6.07, 6.45) is -0.637. The summed E-state index contributed by atoms with van der Waals surface area (Å²) in [6, 6.07) is 13.3. The van der Waals surface area contributed by atoms with Gasteiger partial charge in [-0.1, -0.05) is 23.7 Å². The molecule has 0 saturated carbocycles. The number of rotatable bonds is 7. The van der Waals surface area contributed by atoms with Crippen LogP contribution >= 0.6 is 11.6 Å². The van der Waals surface area contributed by atoms with Gasteiger partial charge < -0.3 is 15.2 Å². The molecule has 2 aromatic rings. The van der Waals surface area contributed by atoms with E-state index in [4.69, 9.17) is 16.3 Å². The Bertz CT molecular complexity index is 545. The Labute approximate surface area is 128 Å². The Morgan fingerprint density at radius 2 is 1.76 bits per heavy atom. The molecule has 0 aliphatic heterocycles. The summed E-state index contributed by atoms with van der Waals surface area (Å²) in [5.41, 5.74) is 1.76. The molecule has 112 valence electrons. The van der Waals surface area contributed by atoms with Gasteiger partial charge in [-0.2, -0.15) is 0 Å². The van der Waals surface area contributed by atoms with Crippen molar-refractivity contribution in [3.63, 3.8) is 0 Å². The van der Waals surface area contributed by atoms with E-state index in [1.54, 1.807) is 24.3 Å². The molecule has 0 aliphatic carbocycles. The number of benzene rings is 2. The van der Waals surface area contributed by atoms with Crippen molar-refractivity contribution in [2.75, 3.05) is 18.5 Å². The van der Waals surface area contributed by atoms with Crippen molar-refractivity contribution in [1.29, 1.82) is 0 Å². The maximum atomic E-state index is 12.7. The predicted molar refractivity (Wildman–Crippen MR) is 82.0 cm³/mol. The molecule has 0 heterocycles. The lowest BCUT2D eigenvalue weighted by Crippen LogP contribution is -2.24. The third-order valence-electron chi connectivity index (χ3n) is 2.88. The second-order valence-electron chi connectivity index (χ2n) is 4.68. The van der Waals surface area contributed by atoms with Crippen LogP contribution in [0.4, 0.5) is 10.1 Å². The van der Waals surface area contributed by atoms with Crippen molar-refractivity contribution in [3.05, 3.63) is 64.9 Å². The van der Waals surface area contributed by atoms with Gasteiger partial charge >= 0.3 is 0 Å². The minimum absolute atomic E-state index is 0.219. The van der Waals surface area contributed by atoms with E-state index in [1.807, 2.05) is 12.1 Å². The molecule has 0 amide bonds. The molecule has 0 fully saturated rings. The lowest BCUT2D eigenvalue weighted by atomic mass is 10.2. The maximum absolute atomic E-state index is 12.7. The van der Waals surface area contributed by atoms with Gasteiger partial charge in [0.2, 0.25) is 0 Å². The fourth-order valence-corrected chi connectivity index (χ4v) is 1.88. The molecule has 2 rings (SSSR count). The first-order valence-corrected chi connectivity index (χ1v) is 7.01. The highest BCUT2D eigenvalue weighted by atomic mass is 35.5. The third kappa shape index (κ3) is 5.71. The zero-order valence-electron chi connectivity index (χ0n) is 11.4. The van der Waals surface area contributed by atoms with Crippen molar-refractivity contribution in [2.45, 2.75) is 12.7 Å². The highest BCUT2D eigenvalue weighted by Crippen LogP contribution is 2.11. The maximum Gasteiger partial charge on any atom is 0.123 e. The largest absolute Gasteiger partial charge is 0.389 e. The van der Waals surface area contributed by atoms with Gasteiger partial charge in [-0.3, -0.25) is 0 Å². The van der Waals surface area contributed by atoms with E-state index in [1.165, 1.54) is 12.1 Å². The van der Waals surface area contributed by atoms with Crippen molar-refractivity contribution in [3.8, 4) is 0 Å². The van der Waals surface area contributed by atoms with Gasteiger partial charge in [0, 0.05) is 17.3 Å². The van der Waals surface area contributed by atoms with Crippen molar-refractivity contribution < 1.29 is 14.2 Å². The van der Waals surface area contributed by atoms with E-state index in [0.29, 0.717) is 18.2 Å². The monoisotopic (exact) mass is 309 g/mol. The molecule has 1 atom stereocenters. The summed E-state index contributed by atoms with van der Waals surface area (Å²) in [5, 5.41) is 13.5.